The number of hydrogen-bond donors (Lipinski definition) is 2. The summed E-state index contributed by atoms with van der Waals surface area (Å²) in [6.45, 7) is 0.345. The van der Waals surface area contributed by atoms with Gasteiger partial charge in [0.25, 0.3) is 5.91 Å². The van der Waals surface area contributed by atoms with Gasteiger partial charge in [-0.3, -0.25) is 4.79 Å². The Labute approximate surface area is 136 Å². The molecule has 0 heterocycles. The van der Waals surface area contributed by atoms with E-state index in [9.17, 15) is 4.79 Å². The van der Waals surface area contributed by atoms with Crippen molar-refractivity contribution < 1.29 is 9.53 Å². The van der Waals surface area contributed by atoms with E-state index in [1.165, 1.54) is 0 Å². The highest BCUT2D eigenvalue weighted by molar-refractivity contribution is 9.10. The van der Waals surface area contributed by atoms with Gasteiger partial charge >= 0.3 is 0 Å². The molecule has 0 saturated carbocycles. The fraction of sp³-hybridized carbons (Fsp3) is 0.133. The Morgan fingerprint density at radius 3 is 2.71 bits per heavy atom. The van der Waals surface area contributed by atoms with Crippen LogP contribution in [0.4, 0.5) is 5.69 Å². The molecule has 0 aliphatic heterocycles. The van der Waals surface area contributed by atoms with Gasteiger partial charge in [-0.1, -0.05) is 29.8 Å². The molecule has 0 unspecified atom stereocenters. The zero-order chi connectivity index (χ0) is 15.2. The van der Waals surface area contributed by atoms with Crippen LogP contribution in [0.2, 0.25) is 5.02 Å². The minimum Gasteiger partial charge on any atom is -0.483 e. The molecule has 0 aliphatic rings. The Kier molecular flexibility index (Phi) is 5.61. The van der Waals surface area contributed by atoms with Gasteiger partial charge in [0, 0.05) is 6.54 Å². The van der Waals surface area contributed by atoms with Crippen LogP contribution in [0.25, 0.3) is 0 Å². The van der Waals surface area contributed by atoms with E-state index >= 15 is 0 Å². The first kappa shape index (κ1) is 15.8. The Balaban J connectivity index is 1.94. The molecular weight excluding hydrogens is 356 g/mol. The third-order valence-electron chi connectivity index (χ3n) is 2.74. The number of rotatable bonds is 5. The first-order valence-corrected chi connectivity index (χ1v) is 7.43. The summed E-state index contributed by atoms with van der Waals surface area (Å²) in [5.74, 6) is 0.305. The van der Waals surface area contributed by atoms with Crippen LogP contribution in [0.3, 0.4) is 0 Å². The third-order valence-corrected chi connectivity index (χ3v) is 3.69. The standard InChI is InChI=1S/C15H14BrClN2O2/c16-11-7-10(8-18)5-6-14(11)21-9-15(20)19-13-4-2-1-3-12(13)17/h1-7H,8-9,18H2,(H,19,20). The van der Waals surface area contributed by atoms with Gasteiger partial charge in [0.05, 0.1) is 15.2 Å². The Morgan fingerprint density at radius 1 is 1.29 bits per heavy atom. The number of nitrogens with one attached hydrogen (secondary N) is 1. The number of carbonyl (C=O) groups excluding carboxylic acids is 1. The van der Waals surface area contributed by atoms with Crippen molar-refractivity contribution in [1.29, 1.82) is 0 Å². The SMILES string of the molecule is NCc1ccc(OCC(=O)Nc2ccccc2Cl)c(Br)c1. The van der Waals surface area contributed by atoms with Crippen LogP contribution in [-0.4, -0.2) is 12.5 Å². The molecule has 2 rings (SSSR count). The highest BCUT2D eigenvalue weighted by Crippen LogP contribution is 2.26. The van der Waals surface area contributed by atoms with Crippen LogP contribution < -0.4 is 15.8 Å². The number of hydrogen-bond acceptors (Lipinski definition) is 3. The van der Waals surface area contributed by atoms with Crippen LogP contribution in [0.5, 0.6) is 5.75 Å². The lowest BCUT2D eigenvalue weighted by Crippen LogP contribution is -2.20. The lowest BCUT2D eigenvalue weighted by Gasteiger charge is -2.10. The molecular formula is C15H14BrClN2O2. The number of halogens is 2. The topological polar surface area (TPSA) is 64.3 Å². The quantitative estimate of drug-likeness (QED) is 0.846. The van der Waals surface area contributed by atoms with E-state index in [4.69, 9.17) is 22.1 Å². The van der Waals surface area contributed by atoms with Gasteiger partial charge in [-0.2, -0.15) is 0 Å². The van der Waals surface area contributed by atoms with Crippen molar-refractivity contribution in [1.82, 2.24) is 0 Å². The van der Waals surface area contributed by atoms with Crippen LogP contribution in [-0.2, 0) is 11.3 Å². The van der Waals surface area contributed by atoms with Crippen LogP contribution >= 0.6 is 27.5 Å². The summed E-state index contributed by atoms with van der Waals surface area (Å²) >= 11 is 9.35. The highest BCUT2D eigenvalue weighted by Gasteiger charge is 2.08. The monoisotopic (exact) mass is 368 g/mol. The number of para-hydroxylation sites is 1. The summed E-state index contributed by atoms with van der Waals surface area (Å²) in [7, 11) is 0. The van der Waals surface area contributed by atoms with Gasteiger partial charge in [0.15, 0.2) is 6.61 Å². The van der Waals surface area contributed by atoms with Crippen molar-refractivity contribution in [3.63, 3.8) is 0 Å². The second kappa shape index (κ2) is 7.45. The first-order chi connectivity index (χ1) is 10.1. The average Bonchev–Trinajstić information content (AvgIpc) is 2.48. The summed E-state index contributed by atoms with van der Waals surface area (Å²) in [5.41, 5.74) is 7.09. The Morgan fingerprint density at radius 2 is 2.05 bits per heavy atom. The van der Waals surface area contributed by atoms with Gasteiger partial charge < -0.3 is 15.8 Å². The molecule has 0 atom stereocenters. The highest BCUT2D eigenvalue weighted by atomic mass is 79.9. The maximum absolute atomic E-state index is 11.8. The van der Waals surface area contributed by atoms with Crippen molar-refractivity contribution in [3.05, 3.63) is 57.5 Å². The smallest absolute Gasteiger partial charge is 0.262 e. The minimum absolute atomic E-state index is 0.105. The molecule has 2 aromatic rings. The molecule has 0 aliphatic carbocycles. The van der Waals surface area contributed by atoms with E-state index in [1.807, 2.05) is 12.1 Å². The number of amides is 1. The molecule has 2 aromatic carbocycles. The first-order valence-electron chi connectivity index (χ1n) is 6.26. The summed E-state index contributed by atoms with van der Waals surface area (Å²) < 4.78 is 6.23. The van der Waals surface area contributed by atoms with Crippen molar-refractivity contribution in [2.75, 3.05) is 11.9 Å². The molecule has 6 heteroatoms. The van der Waals surface area contributed by atoms with Crippen LogP contribution in [0.1, 0.15) is 5.56 Å². The van der Waals surface area contributed by atoms with Gasteiger partial charge in [0.2, 0.25) is 0 Å². The van der Waals surface area contributed by atoms with Crippen molar-refractivity contribution in [2.45, 2.75) is 6.54 Å². The molecule has 4 nitrogen and oxygen atoms in total. The van der Waals surface area contributed by atoms with E-state index in [-0.39, 0.29) is 12.5 Å². The molecule has 21 heavy (non-hydrogen) atoms. The normalized spacial score (nSPS) is 10.2. The summed E-state index contributed by atoms with van der Waals surface area (Å²) in [6, 6.07) is 12.5. The zero-order valence-corrected chi connectivity index (χ0v) is 13.4. The van der Waals surface area contributed by atoms with Crippen LogP contribution in [0.15, 0.2) is 46.9 Å². The molecule has 0 saturated heterocycles. The summed E-state index contributed by atoms with van der Waals surface area (Å²) in [4.78, 5) is 11.8. The molecule has 1 amide bonds. The maximum Gasteiger partial charge on any atom is 0.262 e. The molecule has 0 fully saturated rings. The van der Waals surface area contributed by atoms with E-state index < -0.39 is 0 Å². The van der Waals surface area contributed by atoms with E-state index in [1.54, 1.807) is 30.3 Å². The fourth-order valence-electron chi connectivity index (χ4n) is 1.68. The molecule has 0 aromatic heterocycles. The van der Waals surface area contributed by atoms with Crippen molar-refractivity contribution in [2.24, 2.45) is 5.73 Å². The molecule has 110 valence electrons. The van der Waals surface area contributed by atoms with Gasteiger partial charge in [0.1, 0.15) is 5.75 Å². The second-order valence-electron chi connectivity index (χ2n) is 4.29. The minimum atomic E-state index is -0.280. The number of nitrogens with two attached hydrogens (primary N) is 1. The second-order valence-corrected chi connectivity index (χ2v) is 5.55. The molecule has 0 bridgehead atoms. The molecule has 0 spiro atoms. The summed E-state index contributed by atoms with van der Waals surface area (Å²) in [6.07, 6.45) is 0. The van der Waals surface area contributed by atoms with Crippen molar-refractivity contribution in [3.8, 4) is 5.75 Å². The van der Waals surface area contributed by atoms with E-state index in [0.717, 1.165) is 10.0 Å². The lowest BCUT2D eigenvalue weighted by molar-refractivity contribution is -0.118. The van der Waals surface area contributed by atoms with E-state index in [2.05, 4.69) is 21.2 Å². The van der Waals surface area contributed by atoms with Gasteiger partial charge in [-0.15, -0.1) is 0 Å². The predicted molar refractivity (Wildman–Crippen MR) is 87.6 cm³/mol. The molecule has 3 N–H and O–H groups in total. The summed E-state index contributed by atoms with van der Waals surface area (Å²) in [5, 5.41) is 3.18. The van der Waals surface area contributed by atoms with Gasteiger partial charge in [-0.25, -0.2) is 0 Å². The predicted octanol–water partition coefficient (Wildman–Crippen LogP) is 3.58. The number of anilines is 1. The van der Waals surface area contributed by atoms with Gasteiger partial charge in [-0.05, 0) is 45.8 Å². The zero-order valence-electron chi connectivity index (χ0n) is 11.1. The largest absolute Gasteiger partial charge is 0.483 e. The Hall–Kier alpha value is -1.56. The van der Waals surface area contributed by atoms with E-state index in [0.29, 0.717) is 23.0 Å². The average molecular weight is 370 g/mol. The number of ether oxygens (including phenoxy) is 1. The third kappa shape index (κ3) is 4.46. The maximum atomic E-state index is 11.8. The fourth-order valence-corrected chi connectivity index (χ4v) is 2.40. The molecule has 0 radical (unpaired) electrons. The Bertz CT molecular complexity index is 649. The van der Waals surface area contributed by atoms with Crippen LogP contribution in [0, 0.1) is 0 Å². The number of carbonyl (C=O) groups is 1. The lowest BCUT2D eigenvalue weighted by atomic mass is 10.2. The van der Waals surface area contributed by atoms with Crippen molar-refractivity contribution >= 4 is 39.1 Å². The number of benzene rings is 2.